The normalized spacial score (nSPS) is 21.9. The number of likely N-dealkylation sites (N-methyl/N-ethyl adjacent to an activating group) is 1. The van der Waals surface area contributed by atoms with Gasteiger partial charge in [0.05, 0.1) is 11.4 Å². The topological polar surface area (TPSA) is 82.5 Å². The standard InChI is InChI=1S/C17H26N6O2.2ClH/c1-2-22-16(25)19-15(24)17(22)4-8-21(9-5-17)12-13-10-14-11-18-6-3-7-23(14)20-13;;/h10,18H,2-9,11-12H2,1H3,(H,19,24,25);2*1H. The Morgan fingerprint density at radius 3 is 2.63 bits per heavy atom. The molecular formula is C17H28Cl2N6O2. The van der Waals surface area contributed by atoms with Crippen LogP contribution in [0.1, 0.15) is 37.6 Å². The number of hydrogen-bond donors (Lipinski definition) is 2. The zero-order chi connectivity index (χ0) is 17.4. The van der Waals surface area contributed by atoms with E-state index in [2.05, 4.69) is 26.3 Å². The average Bonchev–Trinajstić information content (AvgIpc) is 2.98. The van der Waals surface area contributed by atoms with Crippen molar-refractivity contribution in [3.63, 3.8) is 0 Å². The highest BCUT2D eigenvalue weighted by molar-refractivity contribution is 6.07. The molecule has 2 fully saturated rings. The first-order valence-corrected chi connectivity index (χ1v) is 9.24. The number of amides is 3. The number of piperidine rings is 1. The third kappa shape index (κ3) is 3.94. The van der Waals surface area contributed by atoms with Crippen LogP contribution in [0.3, 0.4) is 0 Å². The van der Waals surface area contributed by atoms with Gasteiger partial charge in [0.15, 0.2) is 0 Å². The van der Waals surface area contributed by atoms with Gasteiger partial charge in [0, 0.05) is 39.3 Å². The smallest absolute Gasteiger partial charge is 0.311 e. The summed E-state index contributed by atoms with van der Waals surface area (Å²) in [7, 11) is 0. The number of carbonyl (C=O) groups is 2. The van der Waals surface area contributed by atoms with Gasteiger partial charge in [0.25, 0.3) is 5.91 Å². The Balaban J connectivity index is 0.00000131. The van der Waals surface area contributed by atoms with Crippen LogP contribution in [-0.4, -0.2) is 63.2 Å². The molecule has 0 radical (unpaired) electrons. The minimum absolute atomic E-state index is 0. The summed E-state index contributed by atoms with van der Waals surface area (Å²) in [5.74, 6) is -0.126. The summed E-state index contributed by atoms with van der Waals surface area (Å²) in [4.78, 5) is 28.4. The molecule has 4 rings (SSSR count). The van der Waals surface area contributed by atoms with Crippen molar-refractivity contribution in [2.45, 2.75) is 51.4 Å². The molecular weight excluding hydrogens is 391 g/mol. The number of nitrogens with zero attached hydrogens (tertiary/aromatic N) is 4. The number of urea groups is 1. The van der Waals surface area contributed by atoms with Crippen LogP contribution in [0.15, 0.2) is 6.07 Å². The highest BCUT2D eigenvalue weighted by Crippen LogP contribution is 2.33. The second kappa shape index (κ2) is 8.77. The van der Waals surface area contributed by atoms with Crippen LogP contribution < -0.4 is 10.6 Å². The van der Waals surface area contributed by atoms with Gasteiger partial charge in [-0.2, -0.15) is 5.10 Å². The Morgan fingerprint density at radius 2 is 1.93 bits per heavy atom. The largest absolute Gasteiger partial charge is 0.325 e. The first kappa shape index (κ1) is 21.9. The molecule has 0 atom stereocenters. The molecule has 3 amide bonds. The van der Waals surface area contributed by atoms with Gasteiger partial charge >= 0.3 is 6.03 Å². The van der Waals surface area contributed by atoms with Gasteiger partial charge in [-0.25, -0.2) is 4.79 Å². The SMILES string of the molecule is CCN1C(=O)NC(=O)C12CCN(Cc1cc3n(n1)CCCNC3)CC2.Cl.Cl. The molecule has 1 aromatic rings. The van der Waals surface area contributed by atoms with Gasteiger partial charge in [-0.05, 0) is 38.8 Å². The van der Waals surface area contributed by atoms with Gasteiger partial charge in [-0.3, -0.25) is 19.7 Å². The number of rotatable bonds is 3. The van der Waals surface area contributed by atoms with Crippen molar-refractivity contribution in [1.29, 1.82) is 0 Å². The number of imide groups is 1. The van der Waals surface area contributed by atoms with Crippen LogP contribution in [0.4, 0.5) is 4.79 Å². The number of halogens is 2. The van der Waals surface area contributed by atoms with Crippen molar-refractivity contribution >= 4 is 36.8 Å². The molecule has 3 aliphatic heterocycles. The molecule has 3 aliphatic rings. The molecule has 27 heavy (non-hydrogen) atoms. The second-order valence-corrected chi connectivity index (χ2v) is 7.19. The number of carbonyl (C=O) groups excluding carboxylic acids is 2. The third-order valence-corrected chi connectivity index (χ3v) is 5.73. The monoisotopic (exact) mass is 418 g/mol. The number of fused-ring (bicyclic) bond motifs is 1. The summed E-state index contributed by atoms with van der Waals surface area (Å²) in [6.07, 6.45) is 2.48. The highest BCUT2D eigenvalue weighted by Gasteiger charge is 2.53. The molecule has 0 unspecified atom stereocenters. The Labute approximate surface area is 171 Å². The van der Waals surface area contributed by atoms with Crippen LogP contribution in [0.5, 0.6) is 0 Å². The van der Waals surface area contributed by atoms with E-state index in [1.807, 2.05) is 6.92 Å². The molecule has 10 heteroatoms. The van der Waals surface area contributed by atoms with Crippen LogP contribution in [-0.2, 0) is 24.4 Å². The molecule has 0 bridgehead atoms. The van der Waals surface area contributed by atoms with E-state index >= 15 is 0 Å². The zero-order valence-corrected chi connectivity index (χ0v) is 17.2. The van der Waals surface area contributed by atoms with E-state index in [9.17, 15) is 9.59 Å². The summed E-state index contributed by atoms with van der Waals surface area (Å²) < 4.78 is 2.11. The van der Waals surface area contributed by atoms with Crippen LogP contribution in [0.2, 0.25) is 0 Å². The van der Waals surface area contributed by atoms with Crippen molar-refractivity contribution in [2.24, 2.45) is 0 Å². The van der Waals surface area contributed by atoms with Crippen LogP contribution in [0, 0.1) is 0 Å². The molecule has 0 aromatic carbocycles. The lowest BCUT2D eigenvalue weighted by Gasteiger charge is -2.41. The summed E-state index contributed by atoms with van der Waals surface area (Å²) in [5, 5.41) is 10.6. The fraction of sp³-hybridized carbons (Fsp3) is 0.706. The van der Waals surface area contributed by atoms with E-state index < -0.39 is 5.54 Å². The fourth-order valence-corrected chi connectivity index (χ4v) is 4.35. The lowest BCUT2D eigenvalue weighted by molar-refractivity contribution is -0.129. The maximum atomic E-state index is 12.3. The molecule has 1 aromatic heterocycles. The van der Waals surface area contributed by atoms with Gasteiger partial charge in [-0.1, -0.05) is 0 Å². The zero-order valence-electron chi connectivity index (χ0n) is 15.6. The van der Waals surface area contributed by atoms with E-state index in [0.29, 0.717) is 19.4 Å². The quantitative estimate of drug-likeness (QED) is 0.718. The van der Waals surface area contributed by atoms with E-state index in [0.717, 1.165) is 51.4 Å². The van der Waals surface area contributed by atoms with Gasteiger partial charge in [-0.15, -0.1) is 24.8 Å². The number of nitrogens with one attached hydrogen (secondary N) is 2. The maximum Gasteiger partial charge on any atom is 0.325 e. The molecule has 152 valence electrons. The summed E-state index contributed by atoms with van der Waals surface area (Å²) in [6.45, 7) is 7.80. The van der Waals surface area contributed by atoms with Crippen molar-refractivity contribution in [1.82, 2.24) is 30.2 Å². The van der Waals surface area contributed by atoms with Crippen molar-refractivity contribution in [3.05, 3.63) is 17.5 Å². The van der Waals surface area contributed by atoms with Crippen molar-refractivity contribution in [2.75, 3.05) is 26.2 Å². The molecule has 2 N–H and O–H groups in total. The number of likely N-dealkylation sites (tertiary alicyclic amines) is 1. The van der Waals surface area contributed by atoms with E-state index in [4.69, 9.17) is 5.10 Å². The maximum absolute atomic E-state index is 12.3. The van der Waals surface area contributed by atoms with Crippen LogP contribution >= 0.6 is 24.8 Å². The van der Waals surface area contributed by atoms with Crippen LogP contribution in [0.25, 0.3) is 0 Å². The van der Waals surface area contributed by atoms with E-state index in [1.165, 1.54) is 5.69 Å². The molecule has 0 aliphatic carbocycles. The highest BCUT2D eigenvalue weighted by atomic mass is 35.5. The lowest BCUT2D eigenvalue weighted by atomic mass is 9.86. The van der Waals surface area contributed by atoms with E-state index in [-0.39, 0.29) is 36.8 Å². The van der Waals surface area contributed by atoms with Crippen molar-refractivity contribution in [3.8, 4) is 0 Å². The summed E-state index contributed by atoms with van der Waals surface area (Å²) >= 11 is 0. The average molecular weight is 419 g/mol. The Bertz CT molecular complexity index is 663. The summed E-state index contributed by atoms with van der Waals surface area (Å²) in [6, 6.07) is 1.94. The predicted octanol–water partition coefficient (Wildman–Crippen LogP) is 1.13. The molecule has 4 heterocycles. The second-order valence-electron chi connectivity index (χ2n) is 7.19. The number of hydrogen-bond acceptors (Lipinski definition) is 5. The molecule has 0 saturated carbocycles. The number of aryl methyl sites for hydroxylation is 1. The first-order chi connectivity index (χ1) is 12.1. The minimum atomic E-state index is -0.641. The molecule has 2 saturated heterocycles. The summed E-state index contributed by atoms with van der Waals surface area (Å²) in [5.41, 5.74) is 1.70. The van der Waals surface area contributed by atoms with Gasteiger partial charge in [0.2, 0.25) is 0 Å². The fourth-order valence-electron chi connectivity index (χ4n) is 4.35. The number of aromatic nitrogens is 2. The van der Waals surface area contributed by atoms with E-state index in [1.54, 1.807) is 4.90 Å². The molecule has 1 spiro atoms. The van der Waals surface area contributed by atoms with Crippen molar-refractivity contribution < 1.29 is 9.59 Å². The Morgan fingerprint density at radius 1 is 1.19 bits per heavy atom. The Hall–Kier alpha value is -1.35. The lowest BCUT2D eigenvalue weighted by Crippen LogP contribution is -2.56. The first-order valence-electron chi connectivity index (χ1n) is 9.24. The third-order valence-electron chi connectivity index (χ3n) is 5.73. The molecule has 8 nitrogen and oxygen atoms in total. The predicted molar refractivity (Wildman–Crippen MR) is 106 cm³/mol. The van der Waals surface area contributed by atoms with Gasteiger partial charge < -0.3 is 10.2 Å². The van der Waals surface area contributed by atoms with Gasteiger partial charge in [0.1, 0.15) is 5.54 Å². The minimum Gasteiger partial charge on any atom is -0.311 e. The Kier molecular flexibility index (Phi) is 7.13.